The molecule has 0 amide bonds. The first kappa shape index (κ1) is 14.3. The molecule has 0 radical (unpaired) electrons. The number of sulfone groups is 1. The van der Waals surface area contributed by atoms with Gasteiger partial charge < -0.3 is 5.32 Å². The molecule has 0 atom stereocenters. The van der Waals surface area contributed by atoms with E-state index in [0.29, 0.717) is 9.92 Å². The van der Waals surface area contributed by atoms with E-state index in [4.69, 9.17) is 11.6 Å². The van der Waals surface area contributed by atoms with Gasteiger partial charge in [0, 0.05) is 17.0 Å². The van der Waals surface area contributed by atoms with Gasteiger partial charge in [-0.1, -0.05) is 22.9 Å². The maximum Gasteiger partial charge on any atom is 0.188 e. The van der Waals surface area contributed by atoms with Gasteiger partial charge in [-0.25, -0.2) is 13.4 Å². The molecule has 0 saturated carbocycles. The lowest BCUT2D eigenvalue weighted by Gasteiger charge is -2.03. The monoisotopic (exact) mass is 338 g/mol. The molecule has 0 unspecified atom stereocenters. The molecule has 3 rings (SSSR count). The van der Waals surface area contributed by atoms with Gasteiger partial charge in [0.05, 0.1) is 15.1 Å². The SMILES string of the molecule is CS(=O)(=O)c1ccc(Nc2nc3ccc(Cl)cc3s2)cc1. The van der Waals surface area contributed by atoms with Gasteiger partial charge in [-0.15, -0.1) is 0 Å². The van der Waals surface area contributed by atoms with Crippen LogP contribution in [-0.2, 0) is 9.84 Å². The highest BCUT2D eigenvalue weighted by Crippen LogP contribution is 2.30. The summed E-state index contributed by atoms with van der Waals surface area (Å²) in [4.78, 5) is 4.75. The summed E-state index contributed by atoms with van der Waals surface area (Å²) < 4.78 is 23.8. The Morgan fingerprint density at radius 3 is 2.52 bits per heavy atom. The number of nitrogens with one attached hydrogen (secondary N) is 1. The fraction of sp³-hybridized carbons (Fsp3) is 0.0714. The molecule has 21 heavy (non-hydrogen) atoms. The van der Waals surface area contributed by atoms with Crippen molar-refractivity contribution >= 4 is 53.8 Å². The van der Waals surface area contributed by atoms with E-state index >= 15 is 0 Å². The summed E-state index contributed by atoms with van der Waals surface area (Å²) in [5.74, 6) is 0. The molecule has 4 nitrogen and oxygen atoms in total. The Bertz CT molecular complexity index is 902. The Balaban J connectivity index is 1.88. The molecule has 1 N–H and O–H groups in total. The third-order valence-electron chi connectivity index (χ3n) is 2.88. The predicted molar refractivity (Wildman–Crippen MR) is 87.5 cm³/mol. The highest BCUT2D eigenvalue weighted by molar-refractivity contribution is 7.90. The summed E-state index contributed by atoms with van der Waals surface area (Å²) in [6.45, 7) is 0. The van der Waals surface area contributed by atoms with Crippen LogP contribution in [0.4, 0.5) is 10.8 Å². The van der Waals surface area contributed by atoms with Crippen molar-refractivity contribution in [2.75, 3.05) is 11.6 Å². The highest BCUT2D eigenvalue weighted by Gasteiger charge is 2.08. The Morgan fingerprint density at radius 1 is 1.14 bits per heavy atom. The van der Waals surface area contributed by atoms with Crippen molar-refractivity contribution in [1.29, 1.82) is 0 Å². The number of hydrogen-bond acceptors (Lipinski definition) is 5. The zero-order valence-electron chi connectivity index (χ0n) is 11.0. The molecule has 0 aliphatic carbocycles. The molecule has 108 valence electrons. The number of thiazole rings is 1. The Labute approximate surface area is 131 Å². The van der Waals surface area contributed by atoms with Crippen LogP contribution in [0.15, 0.2) is 47.4 Å². The third-order valence-corrected chi connectivity index (χ3v) is 5.18. The number of anilines is 2. The van der Waals surface area contributed by atoms with E-state index in [2.05, 4.69) is 10.3 Å². The number of halogens is 1. The van der Waals surface area contributed by atoms with Crippen molar-refractivity contribution in [1.82, 2.24) is 4.98 Å². The zero-order valence-corrected chi connectivity index (χ0v) is 13.4. The minimum atomic E-state index is -3.17. The lowest BCUT2D eigenvalue weighted by Crippen LogP contribution is -1.97. The number of benzene rings is 2. The quantitative estimate of drug-likeness (QED) is 0.781. The Kier molecular flexibility index (Phi) is 3.61. The van der Waals surface area contributed by atoms with Crippen molar-refractivity contribution < 1.29 is 8.42 Å². The number of rotatable bonds is 3. The lowest BCUT2D eigenvalue weighted by molar-refractivity contribution is 0.602. The molecule has 1 aromatic heterocycles. The molecule has 0 spiro atoms. The first-order valence-corrected chi connectivity index (χ1v) is 9.14. The summed E-state index contributed by atoms with van der Waals surface area (Å²) in [6, 6.07) is 12.1. The summed E-state index contributed by atoms with van der Waals surface area (Å²) in [6.07, 6.45) is 1.19. The topological polar surface area (TPSA) is 59.1 Å². The van der Waals surface area contributed by atoms with Crippen LogP contribution in [0.3, 0.4) is 0 Å². The molecule has 0 saturated heterocycles. The molecule has 0 aliphatic rings. The average Bonchev–Trinajstić information content (AvgIpc) is 2.79. The van der Waals surface area contributed by atoms with Crippen molar-refractivity contribution in [2.45, 2.75) is 4.90 Å². The van der Waals surface area contributed by atoms with Crippen molar-refractivity contribution in [3.05, 3.63) is 47.5 Å². The second kappa shape index (κ2) is 5.29. The van der Waals surface area contributed by atoms with Crippen molar-refractivity contribution in [2.24, 2.45) is 0 Å². The van der Waals surface area contributed by atoms with Crippen LogP contribution < -0.4 is 5.32 Å². The average molecular weight is 339 g/mol. The molecule has 1 heterocycles. The number of hydrogen-bond donors (Lipinski definition) is 1. The van der Waals surface area contributed by atoms with E-state index in [-0.39, 0.29) is 0 Å². The molecule has 0 aliphatic heterocycles. The predicted octanol–water partition coefficient (Wildman–Crippen LogP) is 4.10. The van der Waals surface area contributed by atoms with E-state index in [1.54, 1.807) is 30.3 Å². The van der Waals surface area contributed by atoms with Crippen LogP contribution in [0.5, 0.6) is 0 Å². The maximum atomic E-state index is 11.4. The Hall–Kier alpha value is -1.63. The van der Waals surface area contributed by atoms with Crippen LogP contribution in [0.25, 0.3) is 10.2 Å². The summed E-state index contributed by atoms with van der Waals surface area (Å²) in [5.41, 5.74) is 1.66. The van der Waals surface area contributed by atoms with E-state index < -0.39 is 9.84 Å². The second-order valence-corrected chi connectivity index (χ2v) is 8.04. The Morgan fingerprint density at radius 2 is 1.86 bits per heavy atom. The second-order valence-electron chi connectivity index (χ2n) is 4.55. The normalized spacial score (nSPS) is 11.7. The summed E-state index contributed by atoms with van der Waals surface area (Å²) >= 11 is 7.44. The van der Waals surface area contributed by atoms with Crippen LogP contribution >= 0.6 is 22.9 Å². The van der Waals surface area contributed by atoms with Crippen LogP contribution in [0.1, 0.15) is 0 Å². The van der Waals surface area contributed by atoms with E-state index in [1.165, 1.54) is 17.6 Å². The van der Waals surface area contributed by atoms with Gasteiger partial charge in [-0.05, 0) is 42.5 Å². The smallest absolute Gasteiger partial charge is 0.188 e. The first-order chi connectivity index (χ1) is 9.91. The van der Waals surface area contributed by atoms with Crippen LogP contribution in [0.2, 0.25) is 5.02 Å². The molecule has 0 fully saturated rings. The first-order valence-electron chi connectivity index (χ1n) is 6.05. The van der Waals surface area contributed by atoms with E-state index in [9.17, 15) is 8.42 Å². The largest absolute Gasteiger partial charge is 0.332 e. The van der Waals surface area contributed by atoms with Gasteiger partial charge in [0.15, 0.2) is 15.0 Å². The lowest BCUT2D eigenvalue weighted by atomic mass is 10.3. The fourth-order valence-electron chi connectivity index (χ4n) is 1.86. The van der Waals surface area contributed by atoms with Gasteiger partial charge in [-0.3, -0.25) is 0 Å². The molecule has 0 bridgehead atoms. The van der Waals surface area contributed by atoms with Crippen molar-refractivity contribution in [3.8, 4) is 0 Å². The molecule has 2 aromatic carbocycles. The zero-order chi connectivity index (χ0) is 15.0. The fourth-order valence-corrected chi connectivity index (χ4v) is 3.65. The molecular weight excluding hydrogens is 328 g/mol. The van der Waals surface area contributed by atoms with Gasteiger partial charge >= 0.3 is 0 Å². The minimum Gasteiger partial charge on any atom is -0.332 e. The number of fused-ring (bicyclic) bond motifs is 1. The van der Waals surface area contributed by atoms with Crippen LogP contribution in [0, 0.1) is 0 Å². The van der Waals surface area contributed by atoms with Crippen molar-refractivity contribution in [3.63, 3.8) is 0 Å². The number of aromatic nitrogens is 1. The summed E-state index contributed by atoms with van der Waals surface area (Å²) in [7, 11) is -3.17. The maximum absolute atomic E-state index is 11.4. The number of nitrogens with zero attached hydrogens (tertiary/aromatic N) is 1. The van der Waals surface area contributed by atoms with Gasteiger partial charge in [0.25, 0.3) is 0 Å². The van der Waals surface area contributed by atoms with Gasteiger partial charge in [-0.2, -0.15) is 0 Å². The van der Waals surface area contributed by atoms with Gasteiger partial charge in [0.2, 0.25) is 0 Å². The van der Waals surface area contributed by atoms with E-state index in [1.807, 2.05) is 12.1 Å². The molecular formula is C14H11ClN2O2S2. The third kappa shape index (κ3) is 3.18. The van der Waals surface area contributed by atoms with Gasteiger partial charge in [0.1, 0.15) is 0 Å². The minimum absolute atomic E-state index is 0.295. The summed E-state index contributed by atoms with van der Waals surface area (Å²) in [5, 5.41) is 4.57. The molecule has 7 heteroatoms. The standard InChI is InChI=1S/C14H11ClN2O2S2/c1-21(18,19)11-5-3-10(4-6-11)16-14-17-12-7-2-9(15)8-13(12)20-14/h2-8H,1H3,(H,16,17). The van der Waals surface area contributed by atoms with E-state index in [0.717, 1.165) is 21.0 Å². The highest BCUT2D eigenvalue weighted by atomic mass is 35.5. The van der Waals surface area contributed by atoms with Crippen LogP contribution in [-0.4, -0.2) is 19.7 Å². The molecule has 3 aromatic rings.